The topological polar surface area (TPSA) is 44.8 Å². The van der Waals surface area contributed by atoms with E-state index in [4.69, 9.17) is 25.8 Å². The molecule has 1 atom stereocenters. The van der Waals surface area contributed by atoms with Gasteiger partial charge in [-0.15, -0.1) is 0 Å². The summed E-state index contributed by atoms with van der Waals surface area (Å²) in [6.07, 6.45) is -5.38. The summed E-state index contributed by atoms with van der Waals surface area (Å²) in [5.41, 5.74) is -0.207. The number of ketones is 1. The van der Waals surface area contributed by atoms with Crippen LogP contribution in [0.4, 0.5) is 13.2 Å². The average molecular weight is 387 g/mol. The molecule has 1 aliphatic heterocycles. The van der Waals surface area contributed by atoms with E-state index in [-0.39, 0.29) is 35.5 Å². The van der Waals surface area contributed by atoms with Crippen LogP contribution >= 0.6 is 11.6 Å². The Kier molecular flexibility index (Phi) is 5.11. The summed E-state index contributed by atoms with van der Waals surface area (Å²) in [5.74, 6) is -0.0562. The highest BCUT2D eigenvalue weighted by Crippen LogP contribution is 2.43. The molecule has 138 valence electrons. The van der Waals surface area contributed by atoms with Crippen LogP contribution in [0.3, 0.4) is 0 Å². The number of para-hydroxylation sites is 1. The van der Waals surface area contributed by atoms with Gasteiger partial charge in [-0.3, -0.25) is 4.79 Å². The molecule has 2 aromatic carbocycles. The summed E-state index contributed by atoms with van der Waals surface area (Å²) >= 11 is 6.09. The molecule has 2 aromatic rings. The van der Waals surface area contributed by atoms with E-state index in [1.807, 2.05) is 0 Å². The smallest absolute Gasteiger partial charge is 0.416 e. The third-order valence-corrected chi connectivity index (χ3v) is 4.22. The fourth-order valence-corrected chi connectivity index (χ4v) is 2.93. The van der Waals surface area contributed by atoms with Crippen molar-refractivity contribution in [3.8, 4) is 11.5 Å². The van der Waals surface area contributed by atoms with Crippen molar-refractivity contribution >= 4 is 17.4 Å². The Morgan fingerprint density at radius 1 is 1.27 bits per heavy atom. The van der Waals surface area contributed by atoms with E-state index < -0.39 is 17.8 Å². The van der Waals surface area contributed by atoms with E-state index in [1.165, 1.54) is 13.2 Å². The van der Waals surface area contributed by atoms with E-state index in [0.717, 1.165) is 12.1 Å². The first-order valence-electron chi connectivity index (χ1n) is 7.62. The first kappa shape index (κ1) is 18.5. The van der Waals surface area contributed by atoms with Gasteiger partial charge in [-0.1, -0.05) is 23.7 Å². The lowest BCUT2D eigenvalue weighted by atomic mass is 9.95. The maximum absolute atomic E-state index is 13.0. The van der Waals surface area contributed by atoms with E-state index in [1.54, 1.807) is 18.2 Å². The number of fused-ring (bicyclic) bond motifs is 1. The van der Waals surface area contributed by atoms with Crippen molar-refractivity contribution in [1.29, 1.82) is 0 Å². The first-order valence-corrected chi connectivity index (χ1v) is 8.00. The van der Waals surface area contributed by atoms with Gasteiger partial charge in [0.1, 0.15) is 17.6 Å². The fourth-order valence-electron chi connectivity index (χ4n) is 2.71. The Labute approximate surface area is 152 Å². The number of carbonyl (C=O) groups excluding carboxylic acids is 1. The third kappa shape index (κ3) is 3.64. The van der Waals surface area contributed by atoms with E-state index >= 15 is 0 Å². The highest BCUT2D eigenvalue weighted by atomic mass is 35.5. The molecule has 0 spiro atoms. The molecule has 0 saturated heterocycles. The second-order valence-electron chi connectivity index (χ2n) is 5.65. The molecule has 0 N–H and O–H groups in total. The fraction of sp³-hybridized carbons (Fsp3) is 0.278. The van der Waals surface area contributed by atoms with Crippen LogP contribution in [-0.2, 0) is 10.9 Å². The number of benzene rings is 2. The molecular weight excluding hydrogens is 373 g/mol. The lowest BCUT2D eigenvalue weighted by Crippen LogP contribution is -2.21. The van der Waals surface area contributed by atoms with Gasteiger partial charge < -0.3 is 14.2 Å². The Morgan fingerprint density at radius 3 is 2.73 bits per heavy atom. The molecule has 0 fully saturated rings. The lowest BCUT2D eigenvalue weighted by molar-refractivity contribution is -0.137. The van der Waals surface area contributed by atoms with E-state index in [2.05, 4.69) is 0 Å². The summed E-state index contributed by atoms with van der Waals surface area (Å²) < 4.78 is 54.8. The number of carbonyl (C=O) groups is 1. The molecule has 8 heteroatoms. The van der Waals surface area contributed by atoms with Gasteiger partial charge in [0, 0.05) is 12.7 Å². The molecule has 3 rings (SSSR count). The minimum absolute atomic E-state index is 0.0396. The van der Waals surface area contributed by atoms with Crippen LogP contribution < -0.4 is 9.47 Å². The first-order chi connectivity index (χ1) is 12.3. The third-order valence-electron chi connectivity index (χ3n) is 3.92. The van der Waals surface area contributed by atoms with Crippen molar-refractivity contribution in [1.82, 2.24) is 0 Å². The zero-order valence-corrected chi connectivity index (χ0v) is 14.4. The van der Waals surface area contributed by atoms with E-state index in [0.29, 0.717) is 11.1 Å². The van der Waals surface area contributed by atoms with Crippen molar-refractivity contribution in [3.63, 3.8) is 0 Å². The molecule has 1 heterocycles. The minimum Gasteiger partial charge on any atom is -0.483 e. The number of hydrogen-bond donors (Lipinski definition) is 0. The maximum Gasteiger partial charge on any atom is 0.416 e. The summed E-state index contributed by atoms with van der Waals surface area (Å²) in [6, 6.07) is 7.83. The van der Waals surface area contributed by atoms with Crippen molar-refractivity contribution in [2.75, 3.05) is 13.9 Å². The van der Waals surface area contributed by atoms with Gasteiger partial charge >= 0.3 is 6.18 Å². The number of ether oxygens (including phenoxy) is 3. The summed E-state index contributed by atoms with van der Waals surface area (Å²) in [6.45, 7) is -0.244. The predicted octanol–water partition coefficient (Wildman–Crippen LogP) is 5.05. The van der Waals surface area contributed by atoms with Crippen LogP contribution in [0.5, 0.6) is 11.5 Å². The number of Topliss-reactive ketones (excluding diaryl/α,β-unsaturated/α-hetero) is 1. The molecular formula is C18H14ClF3O4. The second kappa shape index (κ2) is 7.17. The molecule has 0 saturated carbocycles. The summed E-state index contributed by atoms with van der Waals surface area (Å²) in [7, 11) is 1.35. The second-order valence-corrected chi connectivity index (χ2v) is 6.06. The largest absolute Gasteiger partial charge is 0.483 e. The molecule has 0 aliphatic carbocycles. The van der Waals surface area contributed by atoms with E-state index in [9.17, 15) is 18.0 Å². The molecule has 0 bridgehead atoms. The predicted molar refractivity (Wildman–Crippen MR) is 87.7 cm³/mol. The van der Waals surface area contributed by atoms with Crippen molar-refractivity contribution in [2.24, 2.45) is 0 Å². The van der Waals surface area contributed by atoms with Gasteiger partial charge in [0.25, 0.3) is 0 Å². The Hall–Kier alpha value is -2.25. The summed E-state index contributed by atoms with van der Waals surface area (Å²) in [5, 5.41) is 0.256. The van der Waals surface area contributed by atoms with Crippen LogP contribution in [0.1, 0.15) is 34.0 Å². The molecule has 4 nitrogen and oxygen atoms in total. The lowest BCUT2D eigenvalue weighted by Gasteiger charge is -2.27. The minimum atomic E-state index is -4.52. The van der Waals surface area contributed by atoms with Gasteiger partial charge in [-0.05, 0) is 24.3 Å². The normalized spacial score (nSPS) is 16.8. The van der Waals surface area contributed by atoms with Gasteiger partial charge in [-0.25, -0.2) is 0 Å². The monoisotopic (exact) mass is 386 g/mol. The zero-order valence-electron chi connectivity index (χ0n) is 13.6. The molecule has 0 aromatic heterocycles. The van der Waals surface area contributed by atoms with Crippen LogP contribution in [0, 0.1) is 0 Å². The average Bonchev–Trinajstić information content (AvgIpc) is 2.59. The number of rotatable bonds is 4. The molecule has 0 radical (unpaired) electrons. The van der Waals surface area contributed by atoms with Crippen LogP contribution in [0.15, 0.2) is 36.4 Å². The van der Waals surface area contributed by atoms with Crippen LogP contribution in [-0.4, -0.2) is 19.7 Å². The Balaban J connectivity index is 2.01. The molecule has 1 unspecified atom stereocenters. The van der Waals surface area contributed by atoms with Crippen LogP contribution in [0.25, 0.3) is 0 Å². The highest BCUT2D eigenvalue weighted by molar-refractivity contribution is 6.32. The quantitative estimate of drug-likeness (QED) is 0.690. The molecule has 26 heavy (non-hydrogen) atoms. The highest BCUT2D eigenvalue weighted by Gasteiger charge is 2.34. The SMILES string of the molecule is COCOc1cc(C(F)(F)F)ccc1C1CC(=O)c2cccc(Cl)c2O1. The van der Waals surface area contributed by atoms with Gasteiger partial charge in [0.05, 0.1) is 22.6 Å². The molecule has 1 aliphatic rings. The number of alkyl halides is 3. The standard InChI is InChI=1S/C18H14ClF3O4/c1-24-9-25-15-7-10(18(20,21)22)5-6-12(15)16-8-14(23)11-3-2-4-13(19)17(11)26-16/h2-7,16H,8-9H2,1H3. The maximum atomic E-state index is 13.0. The number of halogens is 4. The Bertz CT molecular complexity index is 836. The molecule has 0 amide bonds. The van der Waals surface area contributed by atoms with Gasteiger partial charge in [0.2, 0.25) is 0 Å². The van der Waals surface area contributed by atoms with Gasteiger partial charge in [0.15, 0.2) is 12.6 Å². The van der Waals surface area contributed by atoms with Crippen molar-refractivity contribution in [3.05, 3.63) is 58.1 Å². The number of hydrogen-bond acceptors (Lipinski definition) is 4. The zero-order chi connectivity index (χ0) is 18.9. The van der Waals surface area contributed by atoms with Crippen LogP contribution in [0.2, 0.25) is 5.02 Å². The van der Waals surface area contributed by atoms with Crippen molar-refractivity contribution in [2.45, 2.75) is 18.7 Å². The summed E-state index contributed by atoms with van der Waals surface area (Å²) in [4.78, 5) is 12.4. The van der Waals surface area contributed by atoms with Crippen molar-refractivity contribution < 1.29 is 32.2 Å². The Morgan fingerprint density at radius 2 is 2.04 bits per heavy atom. The van der Waals surface area contributed by atoms with Gasteiger partial charge in [-0.2, -0.15) is 13.2 Å². The number of methoxy groups -OCH3 is 1.